The van der Waals surface area contributed by atoms with Gasteiger partial charge in [-0.3, -0.25) is 4.79 Å². The molecule has 2 aromatic rings. The molecular formula is C15H12O2. The van der Waals surface area contributed by atoms with Crippen LogP contribution in [0.3, 0.4) is 0 Å². The number of aliphatic hydroxyl groups excluding tert-OH is 1. The Balaban J connectivity index is 2.24. The third-order valence-corrected chi connectivity index (χ3v) is 2.37. The van der Waals surface area contributed by atoms with Crippen LogP contribution in [0.4, 0.5) is 0 Å². The van der Waals surface area contributed by atoms with Gasteiger partial charge in [0.2, 0.25) is 5.78 Å². The van der Waals surface area contributed by atoms with Gasteiger partial charge in [-0.15, -0.1) is 0 Å². The Labute approximate surface area is 99.8 Å². The number of benzene rings is 2. The zero-order chi connectivity index (χ0) is 12.1. The summed E-state index contributed by atoms with van der Waals surface area (Å²) in [4.78, 5) is 11.8. The molecule has 0 amide bonds. The normalized spacial score (nSPS) is 11.2. The summed E-state index contributed by atoms with van der Waals surface area (Å²) in [5.74, 6) is -0.614. The van der Waals surface area contributed by atoms with Crippen molar-refractivity contribution in [3.63, 3.8) is 0 Å². The lowest BCUT2D eigenvalue weighted by Crippen LogP contribution is -2.02. The highest BCUT2D eigenvalue weighted by Gasteiger charge is 2.09. The van der Waals surface area contributed by atoms with Crippen LogP contribution in [0.1, 0.15) is 15.9 Å². The second-order valence-corrected chi connectivity index (χ2v) is 3.64. The third-order valence-electron chi connectivity index (χ3n) is 2.37. The van der Waals surface area contributed by atoms with Crippen molar-refractivity contribution in [1.82, 2.24) is 0 Å². The van der Waals surface area contributed by atoms with Crippen LogP contribution in [-0.2, 0) is 0 Å². The van der Waals surface area contributed by atoms with Gasteiger partial charge in [0, 0.05) is 5.56 Å². The smallest absolute Gasteiger partial charge is 0.227 e. The van der Waals surface area contributed by atoms with Crippen LogP contribution in [-0.4, -0.2) is 10.9 Å². The highest BCUT2D eigenvalue weighted by atomic mass is 16.3. The highest BCUT2D eigenvalue weighted by molar-refractivity contribution is 6.09. The molecule has 17 heavy (non-hydrogen) atoms. The average molecular weight is 224 g/mol. The summed E-state index contributed by atoms with van der Waals surface area (Å²) in [6.45, 7) is 0. The summed E-state index contributed by atoms with van der Waals surface area (Å²) in [5.41, 5.74) is 1.28. The maximum atomic E-state index is 11.8. The molecule has 0 bridgehead atoms. The Kier molecular flexibility index (Phi) is 3.36. The molecule has 0 aromatic heterocycles. The number of carbonyl (C=O) groups is 1. The van der Waals surface area contributed by atoms with Crippen molar-refractivity contribution >= 4 is 11.9 Å². The predicted molar refractivity (Wildman–Crippen MR) is 67.8 cm³/mol. The SMILES string of the molecule is O=C(/C(O)=C\c1ccccc1)c1ccccc1. The van der Waals surface area contributed by atoms with Crippen molar-refractivity contribution in [2.75, 3.05) is 0 Å². The molecule has 1 N–H and O–H groups in total. The Morgan fingerprint density at radius 2 is 1.41 bits per heavy atom. The first-order valence-electron chi connectivity index (χ1n) is 5.33. The van der Waals surface area contributed by atoms with E-state index in [2.05, 4.69) is 0 Å². The predicted octanol–water partition coefficient (Wildman–Crippen LogP) is 3.47. The Bertz CT molecular complexity index is 527. The lowest BCUT2D eigenvalue weighted by atomic mass is 10.1. The first-order valence-corrected chi connectivity index (χ1v) is 5.33. The second kappa shape index (κ2) is 5.12. The van der Waals surface area contributed by atoms with Gasteiger partial charge in [0.05, 0.1) is 0 Å². The van der Waals surface area contributed by atoms with Gasteiger partial charge in [-0.2, -0.15) is 0 Å². The topological polar surface area (TPSA) is 37.3 Å². The van der Waals surface area contributed by atoms with Crippen LogP contribution in [0.15, 0.2) is 66.4 Å². The van der Waals surface area contributed by atoms with E-state index in [0.29, 0.717) is 5.56 Å². The van der Waals surface area contributed by atoms with Gasteiger partial charge in [0.15, 0.2) is 5.76 Å². The number of hydrogen-bond donors (Lipinski definition) is 1. The van der Waals surface area contributed by atoms with Gasteiger partial charge in [-0.05, 0) is 11.6 Å². The van der Waals surface area contributed by atoms with E-state index >= 15 is 0 Å². The van der Waals surface area contributed by atoms with E-state index < -0.39 is 0 Å². The fraction of sp³-hybridized carbons (Fsp3) is 0. The van der Waals surface area contributed by atoms with Crippen molar-refractivity contribution in [1.29, 1.82) is 0 Å². The summed E-state index contributed by atoms with van der Waals surface area (Å²) < 4.78 is 0. The molecule has 2 nitrogen and oxygen atoms in total. The fourth-order valence-corrected chi connectivity index (χ4v) is 1.51. The number of rotatable bonds is 3. The second-order valence-electron chi connectivity index (χ2n) is 3.64. The Morgan fingerprint density at radius 3 is 2.00 bits per heavy atom. The Hall–Kier alpha value is -2.35. The average Bonchev–Trinajstić information content (AvgIpc) is 2.40. The molecule has 0 aliphatic carbocycles. The van der Waals surface area contributed by atoms with Gasteiger partial charge in [-0.1, -0.05) is 60.7 Å². The van der Waals surface area contributed by atoms with Gasteiger partial charge in [-0.25, -0.2) is 0 Å². The minimum atomic E-state index is -0.366. The Morgan fingerprint density at radius 1 is 0.882 bits per heavy atom. The summed E-state index contributed by atoms with van der Waals surface area (Å²) in [5, 5.41) is 9.74. The molecule has 0 radical (unpaired) electrons. The molecule has 0 unspecified atom stereocenters. The molecular weight excluding hydrogens is 212 g/mol. The summed E-state index contributed by atoms with van der Waals surface area (Å²) in [6, 6.07) is 18.0. The monoisotopic (exact) mass is 224 g/mol. The van der Waals surface area contributed by atoms with Gasteiger partial charge in [0.1, 0.15) is 0 Å². The van der Waals surface area contributed by atoms with E-state index in [1.807, 2.05) is 36.4 Å². The first-order chi connectivity index (χ1) is 8.27. The fourth-order valence-electron chi connectivity index (χ4n) is 1.51. The van der Waals surface area contributed by atoms with Crippen LogP contribution in [0.5, 0.6) is 0 Å². The van der Waals surface area contributed by atoms with Crippen molar-refractivity contribution in [2.45, 2.75) is 0 Å². The molecule has 0 saturated heterocycles. The van der Waals surface area contributed by atoms with Crippen LogP contribution in [0.2, 0.25) is 0 Å². The molecule has 84 valence electrons. The van der Waals surface area contributed by atoms with E-state index in [4.69, 9.17) is 0 Å². The number of ketones is 1. The lowest BCUT2D eigenvalue weighted by molar-refractivity contribution is 0.0980. The molecule has 0 aliphatic rings. The molecule has 0 aliphatic heterocycles. The number of hydrogen-bond acceptors (Lipinski definition) is 2. The number of carbonyl (C=O) groups excluding carboxylic acids is 1. The quantitative estimate of drug-likeness (QED) is 0.492. The largest absolute Gasteiger partial charge is 0.504 e. The van der Waals surface area contributed by atoms with Gasteiger partial charge >= 0.3 is 0 Å². The maximum Gasteiger partial charge on any atom is 0.227 e. The van der Waals surface area contributed by atoms with Crippen molar-refractivity contribution < 1.29 is 9.90 Å². The highest BCUT2D eigenvalue weighted by Crippen LogP contribution is 2.10. The number of Topliss-reactive ketones (excluding diaryl/α,β-unsaturated/α-hetero) is 1. The molecule has 0 fully saturated rings. The van der Waals surface area contributed by atoms with Gasteiger partial charge < -0.3 is 5.11 Å². The van der Waals surface area contributed by atoms with Gasteiger partial charge in [0.25, 0.3) is 0 Å². The lowest BCUT2D eigenvalue weighted by Gasteiger charge is -2.00. The van der Waals surface area contributed by atoms with Crippen LogP contribution in [0, 0.1) is 0 Å². The standard InChI is InChI=1S/C15H12O2/c16-14(11-12-7-3-1-4-8-12)15(17)13-9-5-2-6-10-13/h1-11,16H/b14-11+. The molecule has 0 heterocycles. The summed E-state index contributed by atoms with van der Waals surface area (Å²) in [6.07, 6.45) is 1.47. The molecule has 0 saturated carbocycles. The van der Waals surface area contributed by atoms with E-state index in [0.717, 1.165) is 5.56 Å². The summed E-state index contributed by atoms with van der Waals surface area (Å²) >= 11 is 0. The van der Waals surface area contributed by atoms with E-state index in [-0.39, 0.29) is 11.5 Å². The van der Waals surface area contributed by atoms with Crippen LogP contribution >= 0.6 is 0 Å². The minimum Gasteiger partial charge on any atom is -0.504 e. The van der Waals surface area contributed by atoms with E-state index in [1.54, 1.807) is 24.3 Å². The summed E-state index contributed by atoms with van der Waals surface area (Å²) in [7, 11) is 0. The third kappa shape index (κ3) is 2.82. The molecule has 0 atom stereocenters. The molecule has 2 aromatic carbocycles. The van der Waals surface area contributed by atoms with E-state index in [9.17, 15) is 9.90 Å². The zero-order valence-corrected chi connectivity index (χ0v) is 9.21. The van der Waals surface area contributed by atoms with Crippen LogP contribution in [0.25, 0.3) is 6.08 Å². The first kappa shape index (κ1) is 11.1. The maximum absolute atomic E-state index is 11.8. The number of allylic oxidation sites excluding steroid dienone is 1. The minimum absolute atomic E-state index is 0.248. The van der Waals surface area contributed by atoms with Crippen molar-refractivity contribution in [2.24, 2.45) is 0 Å². The number of aliphatic hydroxyl groups is 1. The van der Waals surface area contributed by atoms with Crippen molar-refractivity contribution in [3.8, 4) is 0 Å². The van der Waals surface area contributed by atoms with E-state index in [1.165, 1.54) is 6.08 Å². The zero-order valence-electron chi connectivity index (χ0n) is 9.21. The van der Waals surface area contributed by atoms with Crippen molar-refractivity contribution in [3.05, 3.63) is 77.5 Å². The molecule has 2 heteroatoms. The molecule has 0 spiro atoms. The molecule has 2 rings (SSSR count). The van der Waals surface area contributed by atoms with Crippen LogP contribution < -0.4 is 0 Å².